The van der Waals surface area contributed by atoms with Crippen molar-refractivity contribution in [1.82, 2.24) is 10.6 Å². The number of carbonyl (C=O) groups is 2. The Morgan fingerprint density at radius 1 is 1.35 bits per heavy atom. The number of urea groups is 1. The van der Waals surface area contributed by atoms with Crippen molar-refractivity contribution in [1.29, 1.82) is 0 Å². The molecule has 0 aliphatic rings. The molecule has 0 aliphatic carbocycles. The maximum atomic E-state index is 11.5. The summed E-state index contributed by atoms with van der Waals surface area (Å²) in [5.41, 5.74) is 0. The maximum absolute atomic E-state index is 11.5. The summed E-state index contributed by atoms with van der Waals surface area (Å²) >= 11 is 0. The molecule has 0 spiro atoms. The molecule has 9 heteroatoms. The highest BCUT2D eigenvalue weighted by molar-refractivity contribution is 7.90. The number of carbonyl (C=O) groups excluding carboxylic acids is 1. The number of rotatable bonds is 9. The Balaban J connectivity index is 4.24. The zero-order valence-electron chi connectivity index (χ0n) is 11.9. The van der Waals surface area contributed by atoms with Gasteiger partial charge in [-0.25, -0.2) is 18.0 Å². The van der Waals surface area contributed by atoms with E-state index in [-0.39, 0.29) is 18.1 Å². The van der Waals surface area contributed by atoms with Gasteiger partial charge in [-0.05, 0) is 12.3 Å². The van der Waals surface area contributed by atoms with Crippen LogP contribution >= 0.6 is 0 Å². The number of hydrogen-bond acceptors (Lipinski definition) is 5. The van der Waals surface area contributed by atoms with Crippen LogP contribution in [-0.4, -0.2) is 63.8 Å². The highest BCUT2D eigenvalue weighted by Gasteiger charge is 2.21. The first-order chi connectivity index (χ1) is 9.15. The van der Waals surface area contributed by atoms with E-state index < -0.39 is 27.9 Å². The minimum Gasteiger partial charge on any atom is -0.480 e. The SMILES string of the molecule is COCC(C)CNC(=O)NC(CCS(C)(=O)=O)C(=O)O. The molecule has 0 aromatic carbocycles. The molecule has 20 heavy (non-hydrogen) atoms. The topological polar surface area (TPSA) is 122 Å². The quantitative estimate of drug-likeness (QED) is 0.525. The summed E-state index contributed by atoms with van der Waals surface area (Å²) in [6.45, 7) is 2.66. The van der Waals surface area contributed by atoms with Crippen LogP contribution in [0.15, 0.2) is 0 Å². The zero-order valence-corrected chi connectivity index (χ0v) is 12.7. The third kappa shape index (κ3) is 9.56. The van der Waals surface area contributed by atoms with Crippen LogP contribution in [0.25, 0.3) is 0 Å². The molecule has 0 heterocycles. The van der Waals surface area contributed by atoms with Crippen LogP contribution in [0.4, 0.5) is 4.79 Å². The predicted octanol–water partition coefficient (Wildman–Crippen LogP) is -0.544. The van der Waals surface area contributed by atoms with Crippen LogP contribution in [0.5, 0.6) is 0 Å². The summed E-state index contributed by atoms with van der Waals surface area (Å²) in [6, 6.07) is -1.88. The van der Waals surface area contributed by atoms with E-state index in [4.69, 9.17) is 9.84 Å². The van der Waals surface area contributed by atoms with Crippen molar-refractivity contribution in [2.45, 2.75) is 19.4 Å². The number of nitrogens with one attached hydrogen (secondary N) is 2. The molecule has 118 valence electrons. The highest BCUT2D eigenvalue weighted by Crippen LogP contribution is 1.98. The number of methoxy groups -OCH3 is 1. The van der Waals surface area contributed by atoms with E-state index in [1.54, 1.807) is 7.11 Å². The minimum absolute atomic E-state index is 0.0880. The summed E-state index contributed by atoms with van der Waals surface area (Å²) in [7, 11) is -1.73. The number of amides is 2. The number of carboxylic acid groups (broad SMARTS) is 1. The molecular weight excluding hydrogens is 288 g/mol. The van der Waals surface area contributed by atoms with Crippen molar-refractivity contribution in [2.24, 2.45) is 5.92 Å². The van der Waals surface area contributed by atoms with E-state index in [1.807, 2.05) is 6.92 Å². The van der Waals surface area contributed by atoms with E-state index in [9.17, 15) is 18.0 Å². The summed E-state index contributed by atoms with van der Waals surface area (Å²) in [6.07, 6.45) is 0.841. The van der Waals surface area contributed by atoms with Gasteiger partial charge in [-0.3, -0.25) is 0 Å². The van der Waals surface area contributed by atoms with Crippen molar-refractivity contribution in [2.75, 3.05) is 32.3 Å². The van der Waals surface area contributed by atoms with Crippen LogP contribution in [0, 0.1) is 5.92 Å². The van der Waals surface area contributed by atoms with Gasteiger partial charge in [0, 0.05) is 19.9 Å². The molecule has 0 bridgehead atoms. The monoisotopic (exact) mass is 310 g/mol. The lowest BCUT2D eigenvalue weighted by Crippen LogP contribution is -2.47. The Morgan fingerprint density at radius 3 is 2.40 bits per heavy atom. The third-order valence-corrected chi connectivity index (χ3v) is 3.42. The van der Waals surface area contributed by atoms with Gasteiger partial charge in [0.1, 0.15) is 15.9 Å². The summed E-state index contributed by atoms with van der Waals surface area (Å²) in [5.74, 6) is -1.48. The Bertz CT molecular complexity index is 423. The molecule has 0 aliphatic heterocycles. The molecule has 2 atom stereocenters. The fourth-order valence-electron chi connectivity index (χ4n) is 1.41. The van der Waals surface area contributed by atoms with Crippen LogP contribution in [0.2, 0.25) is 0 Å². The van der Waals surface area contributed by atoms with Crippen LogP contribution in [-0.2, 0) is 19.4 Å². The Hall–Kier alpha value is -1.35. The predicted molar refractivity (Wildman–Crippen MR) is 73.3 cm³/mol. The van der Waals surface area contributed by atoms with Gasteiger partial charge in [-0.15, -0.1) is 0 Å². The minimum atomic E-state index is -3.27. The first-order valence-electron chi connectivity index (χ1n) is 6.09. The van der Waals surface area contributed by atoms with Gasteiger partial charge in [0.25, 0.3) is 0 Å². The molecule has 0 aromatic rings. The fourth-order valence-corrected chi connectivity index (χ4v) is 2.07. The van der Waals surface area contributed by atoms with E-state index in [0.29, 0.717) is 13.2 Å². The van der Waals surface area contributed by atoms with Gasteiger partial charge >= 0.3 is 12.0 Å². The first-order valence-corrected chi connectivity index (χ1v) is 8.15. The molecule has 0 fully saturated rings. The van der Waals surface area contributed by atoms with Crippen molar-refractivity contribution in [3.05, 3.63) is 0 Å². The largest absolute Gasteiger partial charge is 0.480 e. The zero-order chi connectivity index (χ0) is 15.8. The van der Waals surface area contributed by atoms with Gasteiger partial charge in [0.15, 0.2) is 0 Å². The van der Waals surface area contributed by atoms with Crippen molar-refractivity contribution >= 4 is 21.8 Å². The molecule has 0 radical (unpaired) electrons. The molecule has 8 nitrogen and oxygen atoms in total. The average molecular weight is 310 g/mol. The number of sulfone groups is 1. The van der Waals surface area contributed by atoms with Crippen molar-refractivity contribution < 1.29 is 27.9 Å². The molecular formula is C11H22N2O6S. The lowest BCUT2D eigenvalue weighted by molar-refractivity contribution is -0.139. The first kappa shape index (κ1) is 18.7. The average Bonchev–Trinajstić information content (AvgIpc) is 2.30. The Labute approximate surface area is 118 Å². The molecule has 2 unspecified atom stereocenters. The summed E-state index contributed by atoms with van der Waals surface area (Å²) in [5, 5.41) is 13.7. The van der Waals surface area contributed by atoms with Crippen LogP contribution in [0.3, 0.4) is 0 Å². The lowest BCUT2D eigenvalue weighted by Gasteiger charge is -2.16. The van der Waals surface area contributed by atoms with E-state index in [1.165, 1.54) is 0 Å². The van der Waals surface area contributed by atoms with E-state index >= 15 is 0 Å². The lowest BCUT2D eigenvalue weighted by atomic mass is 10.2. The van der Waals surface area contributed by atoms with Crippen LogP contribution in [0.1, 0.15) is 13.3 Å². The Kier molecular flexibility index (Phi) is 8.16. The third-order valence-electron chi connectivity index (χ3n) is 2.44. The molecule has 2 amide bonds. The fraction of sp³-hybridized carbons (Fsp3) is 0.818. The summed E-state index contributed by atoms with van der Waals surface area (Å²) in [4.78, 5) is 22.5. The molecule has 0 aromatic heterocycles. The Morgan fingerprint density at radius 2 is 1.95 bits per heavy atom. The number of hydrogen-bond donors (Lipinski definition) is 3. The number of carboxylic acids is 1. The molecule has 0 rings (SSSR count). The highest BCUT2D eigenvalue weighted by atomic mass is 32.2. The van der Waals surface area contributed by atoms with Gasteiger partial charge in [-0.2, -0.15) is 0 Å². The number of ether oxygens (including phenoxy) is 1. The van der Waals surface area contributed by atoms with Crippen molar-refractivity contribution in [3.8, 4) is 0 Å². The smallest absolute Gasteiger partial charge is 0.326 e. The second kappa shape index (κ2) is 8.75. The van der Waals surface area contributed by atoms with Gasteiger partial charge in [-0.1, -0.05) is 6.92 Å². The van der Waals surface area contributed by atoms with E-state index in [2.05, 4.69) is 10.6 Å². The van der Waals surface area contributed by atoms with Crippen LogP contribution < -0.4 is 10.6 Å². The molecule has 3 N–H and O–H groups in total. The molecule has 0 saturated carbocycles. The van der Waals surface area contributed by atoms with Gasteiger partial charge < -0.3 is 20.5 Å². The van der Waals surface area contributed by atoms with Gasteiger partial charge in [0.05, 0.1) is 12.4 Å². The maximum Gasteiger partial charge on any atom is 0.326 e. The summed E-state index contributed by atoms with van der Waals surface area (Å²) < 4.78 is 26.9. The van der Waals surface area contributed by atoms with E-state index in [0.717, 1.165) is 6.26 Å². The molecule has 0 saturated heterocycles. The number of aliphatic carboxylic acids is 1. The second-order valence-electron chi connectivity index (χ2n) is 4.72. The normalized spacial score (nSPS) is 14.3. The second-order valence-corrected chi connectivity index (χ2v) is 6.98. The standard InChI is InChI=1S/C11H22N2O6S/c1-8(7-19-2)6-12-11(16)13-9(10(14)15)4-5-20(3,17)18/h8-9H,4-7H2,1-3H3,(H,14,15)(H2,12,13,16). The van der Waals surface area contributed by atoms with Gasteiger partial charge in [0.2, 0.25) is 0 Å². The van der Waals surface area contributed by atoms with Crippen molar-refractivity contribution in [3.63, 3.8) is 0 Å².